The van der Waals surface area contributed by atoms with E-state index in [2.05, 4.69) is 45.1 Å². The van der Waals surface area contributed by atoms with Gasteiger partial charge in [-0.25, -0.2) is 0 Å². The summed E-state index contributed by atoms with van der Waals surface area (Å²) in [5.74, 6) is 3.10. The van der Waals surface area contributed by atoms with Crippen molar-refractivity contribution in [1.82, 2.24) is 10.2 Å². The molecular formula is C75H84ClKN6O23. The molecule has 0 aliphatic carbocycles. The third-order valence-corrected chi connectivity index (χ3v) is 14.6. The smallest absolute Gasteiger partial charge is 0.870 e. The van der Waals surface area contributed by atoms with Crippen molar-refractivity contribution in [3.05, 3.63) is 218 Å². The van der Waals surface area contributed by atoms with Gasteiger partial charge in [0.1, 0.15) is 64.2 Å². The quantitative estimate of drug-likeness (QED) is 0.0105. The van der Waals surface area contributed by atoms with Gasteiger partial charge in [-0.05, 0) is 189 Å². The number of nitrogens with zero attached hydrogens (tertiary/aromatic N) is 4. The number of rotatable bonds is 20. The van der Waals surface area contributed by atoms with Crippen LogP contribution in [-0.2, 0) is 57.3 Å². The molecule has 3 amide bonds. The number of halogens is 1. The molecule has 6 atom stereocenters. The number of nitrogen functional groups attached to an aromatic ring is 1. The Hall–Kier alpha value is -10.6. The Morgan fingerprint density at radius 3 is 1.16 bits per heavy atom. The van der Waals surface area contributed by atoms with Crippen molar-refractivity contribution in [1.29, 1.82) is 0 Å². The number of methoxy groups -OCH3 is 4. The number of carbonyl (C=O) groups is 9. The second-order valence-corrected chi connectivity index (χ2v) is 21.9. The summed E-state index contributed by atoms with van der Waals surface area (Å²) in [6.45, 7) is 14.8. The summed E-state index contributed by atoms with van der Waals surface area (Å²) in [7, 11) is 6.42. The maximum absolute atomic E-state index is 12.3. The molecule has 29 nitrogen and oxygen atoms in total. The average Bonchev–Trinajstić information content (AvgIpc) is 1.10. The molecule has 3 aliphatic heterocycles. The summed E-state index contributed by atoms with van der Waals surface area (Å²) >= 11 is 4.81. The van der Waals surface area contributed by atoms with Crippen LogP contribution in [0.15, 0.2) is 216 Å². The van der Waals surface area contributed by atoms with Crippen LogP contribution >= 0.6 is 11.6 Å². The van der Waals surface area contributed by atoms with E-state index in [0.717, 1.165) is 28.6 Å². The molecule has 12 rings (SSSR count). The van der Waals surface area contributed by atoms with Crippen molar-refractivity contribution in [3.63, 3.8) is 0 Å². The van der Waals surface area contributed by atoms with Gasteiger partial charge in [-0.15, -0.1) is 0 Å². The normalized spacial score (nSPS) is 16.0. The number of esters is 4. The number of hydrogen-bond donors (Lipinski definition) is 2. The van der Waals surface area contributed by atoms with Gasteiger partial charge in [-0.1, -0.05) is 20.8 Å². The minimum atomic E-state index is -0.856. The first-order chi connectivity index (χ1) is 50.0. The number of nitrogens with two attached hydrogens (primary N) is 1. The Morgan fingerprint density at radius 1 is 0.509 bits per heavy atom. The monoisotopic (exact) mass is 1510 g/mol. The third kappa shape index (κ3) is 28.8. The van der Waals surface area contributed by atoms with Gasteiger partial charge in [0.25, 0.3) is 23.0 Å². The van der Waals surface area contributed by atoms with Gasteiger partial charge in [-0.2, -0.15) is 0 Å². The molecule has 9 aromatic rings. The Kier molecular flexibility index (Phi) is 40.4. The number of benzene rings is 4. The number of hydrogen-bond acceptors (Lipinski definition) is 26. The van der Waals surface area contributed by atoms with Crippen molar-refractivity contribution < 1.29 is 160 Å². The number of aldehydes is 1. The predicted octanol–water partition coefficient (Wildman–Crippen LogP) is 8.90. The average molecular weight is 1510 g/mol. The molecule has 0 saturated carbocycles. The standard InChI is InChI=1S/2C16H15NO5.C12H11NO2.C9H9NO4.C7H9NO.C6H15N.C5H4O2.C4H5ClO3.K.H2O/c2*1-10(18)22-15-14(13-4-3-9-21-13)17(16(15)19)11-5-7-12(20-2)8-6-11;1-14-11-6-4-10(5-7-11)13-9-12-3-2-8-15-12;1-5(11)14-8-7(10-9(8)12)6-3-2-4-13-6;1-9-7-4-2-6(8)3-5-7;1-4-7(5-2)6-3;6-4-5-2-1-3-7-5;1-3(6)8-2-4(5)7;;/h2*3-9,14-15H,1-2H3;2-9H,1H3;2-4,7-8H,1H3,(H,10,12);2-5H,8H2,1H3;4-6H2,1-3H3;1-4H;2H2,1H3;;1H2/q;;;;;;;;+1;/p-1/t2*14-,15+;;7-,8+;;;;;;/m00.0....../s1. The van der Waals surface area contributed by atoms with Gasteiger partial charge in [0, 0.05) is 44.8 Å². The summed E-state index contributed by atoms with van der Waals surface area (Å²) in [5.41, 5.74) is 8.43. The number of amides is 3. The maximum atomic E-state index is 12.3. The molecule has 4 N–H and O–H groups in total. The number of nitrogens with one attached hydrogen (secondary N) is 1. The zero-order chi connectivity index (χ0) is 76.1. The van der Waals surface area contributed by atoms with E-state index in [-0.39, 0.29) is 87.2 Å². The molecular weight excluding hydrogens is 1430 g/mol. The predicted molar refractivity (Wildman–Crippen MR) is 383 cm³/mol. The third-order valence-electron chi connectivity index (χ3n) is 14.5. The number of β-lactam (4-membered cyclic amide) rings is 3. The summed E-state index contributed by atoms with van der Waals surface area (Å²) in [5, 5.41) is 1.92. The van der Waals surface area contributed by atoms with Gasteiger partial charge >= 0.3 is 75.3 Å². The minimum absolute atomic E-state index is 0. The summed E-state index contributed by atoms with van der Waals surface area (Å²) in [4.78, 5) is 108. The van der Waals surface area contributed by atoms with Crippen LogP contribution in [0.25, 0.3) is 0 Å². The summed E-state index contributed by atoms with van der Waals surface area (Å²) in [6, 6.07) is 45.0. The molecule has 0 spiro atoms. The van der Waals surface area contributed by atoms with Crippen molar-refractivity contribution in [2.24, 2.45) is 4.99 Å². The molecule has 31 heteroatoms. The SMILES string of the molecule is CC(=O)OCC(=O)Cl.CC(=O)O[C@H]1C(=O)N[C@H]1c1ccco1.CCN(CC)CC.COc1ccc(N)cc1.COc1ccc(N2C(=O)[C@H](OC(C)=O)[C@@H]2c2ccco2)cc1.COc1ccc(N2C(=O)[C@H](OC(C)=O)[C@@H]2c2ccco2)cc1.COc1ccc(N=Cc2ccco2)cc1.O=Cc1ccco1.[K+].[OH-]. The molecule has 3 saturated heterocycles. The molecule has 106 heavy (non-hydrogen) atoms. The van der Waals surface area contributed by atoms with Crippen molar-refractivity contribution in [2.75, 3.05) is 70.2 Å². The van der Waals surface area contributed by atoms with Gasteiger partial charge in [0.05, 0.1) is 71.7 Å². The Labute approximate surface area is 659 Å². The van der Waals surface area contributed by atoms with E-state index < -0.39 is 59.5 Å². The molecule has 3 aliphatic rings. The zero-order valence-corrected chi connectivity index (χ0v) is 64.4. The fraction of sp³-hybridized carbons (Fsp3) is 0.280. The Bertz CT molecular complexity index is 3920. The fourth-order valence-electron chi connectivity index (χ4n) is 9.36. The van der Waals surface area contributed by atoms with Crippen LogP contribution in [0.5, 0.6) is 23.0 Å². The zero-order valence-electron chi connectivity index (χ0n) is 60.5. The van der Waals surface area contributed by atoms with Crippen molar-refractivity contribution >= 4 is 93.7 Å². The molecule has 0 radical (unpaired) electrons. The maximum Gasteiger partial charge on any atom is 1.00 e. The van der Waals surface area contributed by atoms with E-state index >= 15 is 0 Å². The number of carbonyl (C=O) groups excluding carboxylic acids is 9. The summed E-state index contributed by atoms with van der Waals surface area (Å²) in [6.07, 6.45) is 7.52. The molecule has 4 aromatic carbocycles. The molecule has 5 aromatic heterocycles. The van der Waals surface area contributed by atoms with E-state index in [1.807, 2.05) is 48.5 Å². The van der Waals surface area contributed by atoms with Crippen LogP contribution in [0.2, 0.25) is 0 Å². The van der Waals surface area contributed by atoms with Crippen molar-refractivity contribution in [2.45, 2.75) is 84.9 Å². The minimum Gasteiger partial charge on any atom is -0.870 e. The number of aliphatic imine (C=N–C) groups is 1. The summed E-state index contributed by atoms with van der Waals surface area (Å²) < 4.78 is 65.0. The van der Waals surface area contributed by atoms with E-state index in [0.29, 0.717) is 52.2 Å². The van der Waals surface area contributed by atoms with E-state index in [1.54, 1.807) is 160 Å². The van der Waals surface area contributed by atoms with Crippen LogP contribution in [0.1, 0.15) is 100 Å². The first-order valence-electron chi connectivity index (χ1n) is 32.0. The topological polar surface area (TPSA) is 383 Å². The Morgan fingerprint density at radius 2 is 0.868 bits per heavy atom. The van der Waals surface area contributed by atoms with Crippen LogP contribution in [0, 0.1) is 0 Å². The molecule has 0 unspecified atom stereocenters. The number of anilines is 3. The fourth-order valence-corrected chi connectivity index (χ4v) is 9.42. The Balaban J connectivity index is 0.000000326. The van der Waals surface area contributed by atoms with Gasteiger partial charge in [0.2, 0.25) is 18.3 Å². The molecule has 3 fully saturated rings. The van der Waals surface area contributed by atoms with E-state index in [1.165, 1.54) is 72.4 Å². The first kappa shape index (κ1) is 89.6. The van der Waals surface area contributed by atoms with Gasteiger partial charge in [-0.3, -0.25) is 57.9 Å². The number of ether oxygens (including phenoxy) is 8. The molecule has 0 bridgehead atoms. The van der Waals surface area contributed by atoms with Gasteiger partial charge < -0.3 is 81.4 Å². The van der Waals surface area contributed by atoms with Gasteiger partial charge in [0.15, 0.2) is 18.7 Å². The second kappa shape index (κ2) is 47.7. The van der Waals surface area contributed by atoms with Crippen LogP contribution < -0.4 is 91.2 Å². The van der Waals surface area contributed by atoms with E-state index in [4.69, 9.17) is 68.2 Å². The van der Waals surface area contributed by atoms with Crippen LogP contribution in [0.3, 0.4) is 0 Å². The van der Waals surface area contributed by atoms with Crippen LogP contribution in [0.4, 0.5) is 22.7 Å². The van der Waals surface area contributed by atoms with Crippen molar-refractivity contribution in [3.8, 4) is 23.0 Å². The first-order valence-corrected chi connectivity index (χ1v) is 32.4. The molecule has 8 heterocycles. The molecule has 560 valence electrons. The van der Waals surface area contributed by atoms with E-state index in [9.17, 15) is 43.2 Å². The number of furan rings is 5. The largest absolute Gasteiger partial charge is 1.00 e. The second-order valence-electron chi connectivity index (χ2n) is 21.5. The van der Waals surface area contributed by atoms with Crippen LogP contribution in [-0.4, -0.2) is 143 Å².